The fourth-order valence-electron chi connectivity index (χ4n) is 5.45. The summed E-state index contributed by atoms with van der Waals surface area (Å²) >= 11 is 0. The lowest BCUT2D eigenvalue weighted by Crippen LogP contribution is -2.49. The Morgan fingerprint density at radius 1 is 1.14 bits per heavy atom. The summed E-state index contributed by atoms with van der Waals surface area (Å²) in [5.41, 5.74) is 3.64. The molecule has 0 radical (unpaired) electrons. The van der Waals surface area contributed by atoms with Crippen LogP contribution in [0.25, 0.3) is 0 Å². The van der Waals surface area contributed by atoms with Crippen LogP contribution < -0.4 is 0 Å². The lowest BCUT2D eigenvalue weighted by atomic mass is 9.49. The van der Waals surface area contributed by atoms with E-state index in [-0.39, 0.29) is 16.7 Å². The third-order valence-corrected chi connectivity index (χ3v) is 6.48. The third-order valence-electron chi connectivity index (χ3n) is 6.48. The predicted octanol–water partition coefficient (Wildman–Crippen LogP) is 5.04. The highest BCUT2D eigenvalue weighted by Gasteiger charge is 2.52. The van der Waals surface area contributed by atoms with Gasteiger partial charge in [-0.25, -0.2) is 0 Å². The summed E-state index contributed by atoms with van der Waals surface area (Å²) in [6.07, 6.45) is 4.04. The molecular formula is C20H30O2. The molecule has 0 unspecified atom stereocenters. The van der Waals surface area contributed by atoms with Crippen molar-refractivity contribution in [3.63, 3.8) is 0 Å². The molecule has 1 aromatic carbocycles. The average molecular weight is 302 g/mol. The summed E-state index contributed by atoms with van der Waals surface area (Å²) in [6, 6.07) is 3.92. The standard InChI is InChI=1S/C20H30O2/c1-12(2)17-14(21)8-7-13-18(17)15(22)11-16-19(3,4)9-6-10-20(13,16)5/h7-8,12,15-16,21-22H,6,9-11H2,1-5H3/t15-,16-,20-/m1/s1. The van der Waals surface area contributed by atoms with Gasteiger partial charge in [0.05, 0.1) is 6.10 Å². The number of fused-ring (bicyclic) bond motifs is 3. The van der Waals surface area contributed by atoms with E-state index in [1.807, 2.05) is 6.07 Å². The van der Waals surface area contributed by atoms with E-state index < -0.39 is 6.10 Å². The molecule has 1 aromatic rings. The fourth-order valence-corrected chi connectivity index (χ4v) is 5.45. The zero-order chi connectivity index (χ0) is 16.3. The molecule has 1 saturated carbocycles. The normalized spacial score (nSPS) is 33.4. The second-order valence-electron chi connectivity index (χ2n) is 8.68. The Morgan fingerprint density at radius 3 is 2.45 bits per heavy atom. The van der Waals surface area contributed by atoms with Gasteiger partial charge < -0.3 is 10.2 Å². The Balaban J connectivity index is 2.24. The number of hydrogen-bond donors (Lipinski definition) is 2. The quantitative estimate of drug-likeness (QED) is 0.763. The molecule has 2 aliphatic rings. The van der Waals surface area contributed by atoms with E-state index in [4.69, 9.17) is 0 Å². The maximum atomic E-state index is 10.9. The number of phenols is 1. The van der Waals surface area contributed by atoms with Crippen LogP contribution in [-0.2, 0) is 5.41 Å². The number of benzene rings is 1. The summed E-state index contributed by atoms with van der Waals surface area (Å²) in [5, 5.41) is 21.2. The van der Waals surface area contributed by atoms with Crippen LogP contribution >= 0.6 is 0 Å². The maximum absolute atomic E-state index is 10.9. The Bertz CT molecular complexity index is 588. The molecule has 22 heavy (non-hydrogen) atoms. The van der Waals surface area contributed by atoms with E-state index >= 15 is 0 Å². The highest BCUT2D eigenvalue weighted by atomic mass is 16.3. The summed E-state index contributed by atoms with van der Waals surface area (Å²) in [7, 11) is 0. The van der Waals surface area contributed by atoms with Crippen molar-refractivity contribution in [2.24, 2.45) is 11.3 Å². The monoisotopic (exact) mass is 302 g/mol. The number of aliphatic hydroxyl groups excluding tert-OH is 1. The van der Waals surface area contributed by atoms with Crippen LogP contribution in [0.2, 0.25) is 0 Å². The van der Waals surface area contributed by atoms with Gasteiger partial charge in [-0.1, -0.05) is 47.1 Å². The molecule has 0 aliphatic heterocycles. The van der Waals surface area contributed by atoms with E-state index in [0.717, 1.165) is 17.5 Å². The topological polar surface area (TPSA) is 40.5 Å². The molecular weight excluding hydrogens is 272 g/mol. The highest BCUT2D eigenvalue weighted by Crippen LogP contribution is 2.60. The van der Waals surface area contributed by atoms with Crippen LogP contribution in [0.3, 0.4) is 0 Å². The molecule has 2 heteroatoms. The molecule has 2 nitrogen and oxygen atoms in total. The number of aliphatic hydroxyl groups is 1. The molecule has 0 bridgehead atoms. The van der Waals surface area contributed by atoms with Gasteiger partial charge in [-0.05, 0) is 59.1 Å². The van der Waals surface area contributed by atoms with E-state index in [1.54, 1.807) is 0 Å². The van der Waals surface area contributed by atoms with Crippen LogP contribution in [0.4, 0.5) is 0 Å². The molecule has 0 heterocycles. The summed E-state index contributed by atoms with van der Waals surface area (Å²) in [6.45, 7) is 11.3. The van der Waals surface area contributed by atoms with Crippen LogP contribution in [0, 0.1) is 11.3 Å². The van der Waals surface area contributed by atoms with Gasteiger partial charge in [0.2, 0.25) is 0 Å². The Labute approximate surface area is 134 Å². The van der Waals surface area contributed by atoms with Gasteiger partial charge in [0.15, 0.2) is 0 Å². The van der Waals surface area contributed by atoms with Crippen molar-refractivity contribution in [1.82, 2.24) is 0 Å². The average Bonchev–Trinajstić information content (AvgIpc) is 2.40. The molecule has 2 N–H and O–H groups in total. The van der Waals surface area contributed by atoms with Gasteiger partial charge in [-0.2, -0.15) is 0 Å². The highest BCUT2D eigenvalue weighted by molar-refractivity contribution is 5.52. The zero-order valence-electron chi connectivity index (χ0n) is 14.6. The molecule has 122 valence electrons. The van der Waals surface area contributed by atoms with Crippen molar-refractivity contribution in [3.8, 4) is 5.75 Å². The Morgan fingerprint density at radius 2 is 1.82 bits per heavy atom. The number of hydrogen-bond acceptors (Lipinski definition) is 2. The summed E-state index contributed by atoms with van der Waals surface area (Å²) in [5.74, 6) is 1.06. The first-order valence-electron chi connectivity index (χ1n) is 8.73. The molecule has 0 saturated heterocycles. The van der Waals surface area contributed by atoms with Gasteiger partial charge >= 0.3 is 0 Å². The van der Waals surface area contributed by atoms with Crippen molar-refractivity contribution in [1.29, 1.82) is 0 Å². The fraction of sp³-hybridized carbons (Fsp3) is 0.700. The first-order chi connectivity index (χ1) is 10.2. The second-order valence-corrected chi connectivity index (χ2v) is 8.68. The lowest BCUT2D eigenvalue weighted by Gasteiger charge is -2.55. The van der Waals surface area contributed by atoms with Gasteiger partial charge in [0.25, 0.3) is 0 Å². The molecule has 3 rings (SSSR count). The Hall–Kier alpha value is -1.02. The molecule has 2 aliphatic carbocycles. The van der Waals surface area contributed by atoms with E-state index in [2.05, 4.69) is 40.7 Å². The maximum Gasteiger partial charge on any atom is 0.119 e. The van der Waals surface area contributed by atoms with Gasteiger partial charge in [-0.3, -0.25) is 0 Å². The molecule has 0 spiro atoms. The summed E-state index contributed by atoms with van der Waals surface area (Å²) < 4.78 is 0. The van der Waals surface area contributed by atoms with Gasteiger partial charge in [-0.15, -0.1) is 0 Å². The van der Waals surface area contributed by atoms with Crippen molar-refractivity contribution in [2.45, 2.75) is 77.7 Å². The van der Waals surface area contributed by atoms with E-state index in [9.17, 15) is 10.2 Å². The molecule has 0 aromatic heterocycles. The van der Waals surface area contributed by atoms with Crippen LogP contribution in [-0.4, -0.2) is 10.2 Å². The van der Waals surface area contributed by atoms with Crippen molar-refractivity contribution in [3.05, 3.63) is 28.8 Å². The minimum absolute atomic E-state index is 0.119. The number of rotatable bonds is 1. The third kappa shape index (κ3) is 2.11. The zero-order valence-corrected chi connectivity index (χ0v) is 14.6. The smallest absolute Gasteiger partial charge is 0.119 e. The first-order valence-corrected chi connectivity index (χ1v) is 8.73. The van der Waals surface area contributed by atoms with Crippen LogP contribution in [0.15, 0.2) is 12.1 Å². The Kier molecular flexibility index (Phi) is 3.60. The lowest BCUT2D eigenvalue weighted by molar-refractivity contribution is -0.00733. The van der Waals surface area contributed by atoms with Crippen molar-refractivity contribution >= 4 is 0 Å². The van der Waals surface area contributed by atoms with E-state index in [1.165, 1.54) is 24.8 Å². The first kappa shape index (κ1) is 15.9. The van der Waals surface area contributed by atoms with Crippen LogP contribution in [0.5, 0.6) is 5.75 Å². The molecule has 0 amide bonds. The number of phenolic OH excluding ortho intramolecular Hbond substituents is 1. The van der Waals surface area contributed by atoms with Crippen LogP contribution in [0.1, 0.15) is 89.0 Å². The minimum atomic E-state index is -0.449. The van der Waals surface area contributed by atoms with E-state index in [0.29, 0.717) is 11.7 Å². The minimum Gasteiger partial charge on any atom is -0.508 e. The number of aromatic hydroxyl groups is 1. The van der Waals surface area contributed by atoms with Crippen molar-refractivity contribution in [2.75, 3.05) is 0 Å². The predicted molar refractivity (Wildman–Crippen MR) is 90.2 cm³/mol. The largest absolute Gasteiger partial charge is 0.508 e. The molecule has 1 fully saturated rings. The van der Waals surface area contributed by atoms with Gasteiger partial charge in [0, 0.05) is 5.56 Å². The molecule has 3 atom stereocenters. The SMILES string of the molecule is CC(C)c1c(O)ccc2c1[C@H](O)C[C@@H]1C(C)(C)CCC[C@]21C. The van der Waals surface area contributed by atoms with Gasteiger partial charge in [0.1, 0.15) is 5.75 Å². The summed E-state index contributed by atoms with van der Waals surface area (Å²) in [4.78, 5) is 0. The van der Waals surface area contributed by atoms with Crippen molar-refractivity contribution < 1.29 is 10.2 Å². The second kappa shape index (κ2) is 4.99.